The van der Waals surface area contributed by atoms with Gasteiger partial charge in [0.05, 0.1) is 12.6 Å². The van der Waals surface area contributed by atoms with Crippen molar-refractivity contribution < 1.29 is 4.74 Å². The van der Waals surface area contributed by atoms with Gasteiger partial charge < -0.3 is 10.5 Å². The molecule has 17 heavy (non-hydrogen) atoms. The monoisotopic (exact) mass is 236 g/mol. The molecule has 0 saturated carbocycles. The van der Waals surface area contributed by atoms with Crippen LogP contribution in [-0.4, -0.2) is 41.1 Å². The predicted octanol–water partition coefficient (Wildman–Crippen LogP) is 0.971. The van der Waals surface area contributed by atoms with E-state index in [2.05, 4.69) is 14.9 Å². The van der Waals surface area contributed by atoms with Crippen LogP contribution in [0.2, 0.25) is 0 Å². The Balaban J connectivity index is 2.07. The fourth-order valence-electron chi connectivity index (χ4n) is 2.25. The lowest BCUT2D eigenvalue weighted by Gasteiger charge is -2.25. The molecule has 1 saturated heterocycles. The van der Waals surface area contributed by atoms with E-state index in [0.717, 1.165) is 18.7 Å². The van der Waals surface area contributed by atoms with Gasteiger partial charge in [0, 0.05) is 24.5 Å². The fraction of sp³-hybridized carbons (Fsp3) is 0.667. The maximum Gasteiger partial charge on any atom is 0.316 e. The van der Waals surface area contributed by atoms with Gasteiger partial charge in [-0.25, -0.2) is 9.97 Å². The van der Waals surface area contributed by atoms with Gasteiger partial charge in [0.2, 0.25) is 0 Å². The molecule has 2 heterocycles. The zero-order valence-electron chi connectivity index (χ0n) is 10.3. The second kappa shape index (κ2) is 5.93. The number of nitrogens with zero attached hydrogens (tertiary/aromatic N) is 3. The minimum absolute atomic E-state index is 0.244. The molecule has 0 radical (unpaired) electrons. The molecule has 1 aliphatic heterocycles. The van der Waals surface area contributed by atoms with Crippen LogP contribution in [0.3, 0.4) is 0 Å². The van der Waals surface area contributed by atoms with Crippen molar-refractivity contribution in [2.24, 2.45) is 5.73 Å². The van der Waals surface area contributed by atoms with E-state index in [0.29, 0.717) is 19.2 Å². The largest absolute Gasteiger partial charge is 0.464 e. The molecule has 0 amide bonds. The van der Waals surface area contributed by atoms with Crippen molar-refractivity contribution in [2.45, 2.75) is 25.8 Å². The second-order valence-electron chi connectivity index (χ2n) is 4.23. The molecule has 0 unspecified atom stereocenters. The molecule has 2 N–H and O–H groups in total. The van der Waals surface area contributed by atoms with E-state index in [4.69, 9.17) is 10.5 Å². The third-order valence-electron chi connectivity index (χ3n) is 3.11. The molecule has 1 fully saturated rings. The van der Waals surface area contributed by atoms with Crippen molar-refractivity contribution in [3.8, 4) is 6.01 Å². The van der Waals surface area contributed by atoms with Gasteiger partial charge in [-0.05, 0) is 32.9 Å². The Bertz CT molecular complexity index is 335. The minimum Gasteiger partial charge on any atom is -0.464 e. The summed E-state index contributed by atoms with van der Waals surface area (Å²) < 4.78 is 5.23. The first-order valence-electron chi connectivity index (χ1n) is 6.24. The summed E-state index contributed by atoms with van der Waals surface area (Å²) in [6.07, 6.45) is 6.17. The van der Waals surface area contributed by atoms with Gasteiger partial charge in [0.25, 0.3) is 0 Å². The summed E-state index contributed by atoms with van der Waals surface area (Å²) in [6.45, 7) is 5.36. The van der Waals surface area contributed by atoms with Gasteiger partial charge in [-0.15, -0.1) is 0 Å². The standard InChI is InChI=1S/C12H20N4O/c1-2-17-12-14-8-10(9-15-12)11(7-13)16-5-3-4-6-16/h8-9,11H,2-7,13H2,1H3/t11-/m0/s1. The number of ether oxygens (including phenoxy) is 1. The molecule has 5 heteroatoms. The highest BCUT2D eigenvalue weighted by Gasteiger charge is 2.22. The number of hydrogen-bond acceptors (Lipinski definition) is 5. The number of hydrogen-bond donors (Lipinski definition) is 1. The number of aromatic nitrogens is 2. The highest BCUT2D eigenvalue weighted by atomic mass is 16.5. The Morgan fingerprint density at radius 3 is 2.53 bits per heavy atom. The van der Waals surface area contributed by atoms with E-state index >= 15 is 0 Å². The molecule has 2 rings (SSSR count). The topological polar surface area (TPSA) is 64.3 Å². The van der Waals surface area contributed by atoms with Gasteiger partial charge in [-0.3, -0.25) is 4.90 Å². The number of likely N-dealkylation sites (tertiary alicyclic amines) is 1. The van der Waals surface area contributed by atoms with Crippen LogP contribution in [-0.2, 0) is 0 Å². The van der Waals surface area contributed by atoms with Crippen molar-refractivity contribution in [3.05, 3.63) is 18.0 Å². The summed E-state index contributed by atoms with van der Waals surface area (Å²) in [4.78, 5) is 10.8. The molecule has 94 valence electrons. The van der Waals surface area contributed by atoms with Crippen molar-refractivity contribution in [3.63, 3.8) is 0 Å². The molecule has 1 aromatic rings. The Kier molecular flexibility index (Phi) is 4.28. The predicted molar refractivity (Wildman–Crippen MR) is 65.8 cm³/mol. The van der Waals surface area contributed by atoms with Crippen molar-refractivity contribution in [1.29, 1.82) is 0 Å². The lowest BCUT2D eigenvalue weighted by Crippen LogP contribution is -2.31. The molecule has 0 aliphatic carbocycles. The SMILES string of the molecule is CCOc1ncc([C@H](CN)N2CCCC2)cn1. The van der Waals surface area contributed by atoms with E-state index in [1.54, 1.807) is 0 Å². The molecule has 1 aromatic heterocycles. The summed E-state index contributed by atoms with van der Waals surface area (Å²) >= 11 is 0. The summed E-state index contributed by atoms with van der Waals surface area (Å²) in [5.41, 5.74) is 6.93. The van der Waals surface area contributed by atoms with E-state index in [9.17, 15) is 0 Å². The molecule has 1 aliphatic rings. The molecule has 5 nitrogen and oxygen atoms in total. The molecule has 1 atom stereocenters. The van der Waals surface area contributed by atoms with E-state index in [1.807, 2.05) is 19.3 Å². The summed E-state index contributed by atoms with van der Waals surface area (Å²) in [7, 11) is 0. The Labute approximate surface area is 102 Å². The Hall–Kier alpha value is -1.20. The Morgan fingerprint density at radius 1 is 1.35 bits per heavy atom. The van der Waals surface area contributed by atoms with Crippen LogP contribution in [0.5, 0.6) is 6.01 Å². The van der Waals surface area contributed by atoms with Crippen LogP contribution >= 0.6 is 0 Å². The third-order valence-corrected chi connectivity index (χ3v) is 3.11. The summed E-state index contributed by atoms with van der Waals surface area (Å²) in [5.74, 6) is 0. The lowest BCUT2D eigenvalue weighted by molar-refractivity contribution is 0.249. The quantitative estimate of drug-likeness (QED) is 0.825. The average Bonchev–Trinajstić information content (AvgIpc) is 2.86. The van der Waals surface area contributed by atoms with Crippen LogP contribution in [0.4, 0.5) is 0 Å². The third kappa shape index (κ3) is 2.92. The van der Waals surface area contributed by atoms with Gasteiger partial charge in [-0.2, -0.15) is 0 Å². The molecule has 0 spiro atoms. The maximum absolute atomic E-state index is 5.85. The average molecular weight is 236 g/mol. The first-order valence-corrected chi connectivity index (χ1v) is 6.24. The maximum atomic E-state index is 5.85. The fourth-order valence-corrected chi connectivity index (χ4v) is 2.25. The van der Waals surface area contributed by atoms with Crippen LogP contribution in [0.15, 0.2) is 12.4 Å². The molecule has 0 aromatic carbocycles. The first-order chi connectivity index (χ1) is 8.35. The summed E-state index contributed by atoms with van der Waals surface area (Å²) in [5, 5.41) is 0. The smallest absolute Gasteiger partial charge is 0.316 e. The van der Waals surface area contributed by atoms with Crippen molar-refractivity contribution in [2.75, 3.05) is 26.2 Å². The van der Waals surface area contributed by atoms with Gasteiger partial charge in [0.15, 0.2) is 0 Å². The van der Waals surface area contributed by atoms with Gasteiger partial charge >= 0.3 is 6.01 Å². The molecular weight excluding hydrogens is 216 g/mol. The normalized spacial score (nSPS) is 18.2. The Morgan fingerprint density at radius 2 is 2.00 bits per heavy atom. The van der Waals surface area contributed by atoms with Crippen LogP contribution < -0.4 is 10.5 Å². The minimum atomic E-state index is 0.244. The zero-order valence-corrected chi connectivity index (χ0v) is 10.3. The number of nitrogens with two attached hydrogens (primary N) is 1. The highest BCUT2D eigenvalue weighted by Crippen LogP contribution is 2.23. The molecular formula is C12H20N4O. The van der Waals surface area contributed by atoms with Crippen molar-refractivity contribution in [1.82, 2.24) is 14.9 Å². The van der Waals surface area contributed by atoms with Crippen LogP contribution in [0.25, 0.3) is 0 Å². The highest BCUT2D eigenvalue weighted by molar-refractivity contribution is 5.13. The van der Waals surface area contributed by atoms with Crippen LogP contribution in [0.1, 0.15) is 31.4 Å². The van der Waals surface area contributed by atoms with E-state index in [-0.39, 0.29) is 6.04 Å². The second-order valence-corrected chi connectivity index (χ2v) is 4.23. The molecule has 0 bridgehead atoms. The zero-order chi connectivity index (χ0) is 12.1. The van der Waals surface area contributed by atoms with Crippen molar-refractivity contribution >= 4 is 0 Å². The van der Waals surface area contributed by atoms with Gasteiger partial charge in [0.1, 0.15) is 0 Å². The summed E-state index contributed by atoms with van der Waals surface area (Å²) in [6, 6.07) is 0.682. The number of rotatable bonds is 5. The van der Waals surface area contributed by atoms with E-state index in [1.165, 1.54) is 12.8 Å². The van der Waals surface area contributed by atoms with E-state index < -0.39 is 0 Å². The van der Waals surface area contributed by atoms with Gasteiger partial charge in [-0.1, -0.05) is 0 Å². The first kappa shape index (κ1) is 12.3. The van der Waals surface area contributed by atoms with Crippen LogP contribution in [0, 0.1) is 0 Å². The lowest BCUT2D eigenvalue weighted by atomic mass is 10.1.